The fraction of sp³-hybridized carbons (Fsp3) is 0.318. The Bertz CT molecular complexity index is 1050. The van der Waals surface area contributed by atoms with Gasteiger partial charge in [-0.15, -0.1) is 0 Å². The first-order chi connectivity index (χ1) is 14.7. The van der Waals surface area contributed by atoms with Gasteiger partial charge in [0, 0.05) is 36.3 Å². The Morgan fingerprint density at radius 2 is 1.87 bits per heavy atom. The molecule has 5 N–H and O–H groups in total. The molecule has 0 unspecified atom stereocenters. The van der Waals surface area contributed by atoms with Gasteiger partial charge in [-0.1, -0.05) is 12.1 Å². The van der Waals surface area contributed by atoms with Crippen molar-refractivity contribution in [1.29, 1.82) is 0 Å². The number of hydrogen-bond donors (Lipinski definition) is 3. The number of nitrogens with two attached hydrogens (primary N) is 2. The number of carbonyl (C=O) groups is 1. The van der Waals surface area contributed by atoms with Crippen LogP contribution in [0.25, 0.3) is 11.3 Å². The Labute approximate surface area is 181 Å². The van der Waals surface area contributed by atoms with E-state index in [1.54, 1.807) is 42.3 Å². The van der Waals surface area contributed by atoms with Crippen LogP contribution in [0.2, 0.25) is 0 Å². The molecule has 1 aromatic carbocycles. The van der Waals surface area contributed by atoms with E-state index in [0.29, 0.717) is 47.5 Å². The molecule has 2 aromatic heterocycles. The molecule has 9 nitrogen and oxygen atoms in total. The lowest BCUT2D eigenvalue weighted by atomic mass is 10.1. The molecule has 31 heavy (non-hydrogen) atoms. The molecule has 0 radical (unpaired) electrons. The van der Waals surface area contributed by atoms with Crippen LogP contribution in [0.4, 0.5) is 17.2 Å². The molecule has 1 amide bonds. The standard InChI is InChI=1S/C22H28N6O3/c1-22(2,3)28-21(26-16-9-10-25-17(13-16)31-12-11-30-4)18(20(24)29)19(27-28)14-5-7-15(23)8-6-14/h5-10,13H,11-12,23H2,1-4H3,(H2,24,29)(H,25,26). The van der Waals surface area contributed by atoms with E-state index in [-0.39, 0.29) is 0 Å². The third-order valence-electron chi connectivity index (χ3n) is 4.49. The van der Waals surface area contributed by atoms with E-state index in [0.717, 1.165) is 5.56 Å². The first-order valence-electron chi connectivity index (χ1n) is 9.84. The number of primary amides is 1. The number of nitrogen functional groups attached to an aromatic ring is 1. The predicted octanol–water partition coefficient (Wildman–Crippen LogP) is 3.15. The number of methoxy groups -OCH3 is 1. The second kappa shape index (κ2) is 9.05. The normalized spacial score (nSPS) is 11.4. The van der Waals surface area contributed by atoms with Gasteiger partial charge < -0.3 is 26.3 Å². The van der Waals surface area contributed by atoms with E-state index in [4.69, 9.17) is 26.0 Å². The minimum Gasteiger partial charge on any atom is -0.475 e. The van der Waals surface area contributed by atoms with Crippen LogP contribution >= 0.6 is 0 Å². The first kappa shape index (κ1) is 22.1. The molecule has 0 atom stereocenters. The number of benzene rings is 1. The molecule has 2 heterocycles. The van der Waals surface area contributed by atoms with Crippen LogP contribution < -0.4 is 21.5 Å². The highest BCUT2D eigenvalue weighted by Gasteiger charge is 2.28. The highest BCUT2D eigenvalue weighted by Crippen LogP contribution is 2.35. The van der Waals surface area contributed by atoms with Crippen molar-refractivity contribution in [2.45, 2.75) is 26.3 Å². The van der Waals surface area contributed by atoms with Crippen LogP contribution in [-0.2, 0) is 10.3 Å². The van der Waals surface area contributed by atoms with E-state index >= 15 is 0 Å². The number of amides is 1. The lowest BCUT2D eigenvalue weighted by Crippen LogP contribution is -2.25. The van der Waals surface area contributed by atoms with Gasteiger partial charge in [0.1, 0.15) is 23.7 Å². The quantitative estimate of drug-likeness (QED) is 0.374. The summed E-state index contributed by atoms with van der Waals surface area (Å²) >= 11 is 0. The van der Waals surface area contributed by atoms with Crippen LogP contribution in [0.15, 0.2) is 42.6 Å². The fourth-order valence-corrected chi connectivity index (χ4v) is 3.03. The molecule has 3 aromatic rings. The smallest absolute Gasteiger partial charge is 0.254 e. The first-order valence-corrected chi connectivity index (χ1v) is 9.84. The maximum Gasteiger partial charge on any atom is 0.254 e. The zero-order valence-electron chi connectivity index (χ0n) is 18.2. The predicted molar refractivity (Wildman–Crippen MR) is 120 cm³/mol. The monoisotopic (exact) mass is 424 g/mol. The summed E-state index contributed by atoms with van der Waals surface area (Å²) in [5.74, 6) is 0.333. The molecule has 0 aliphatic rings. The summed E-state index contributed by atoms with van der Waals surface area (Å²) in [6, 6.07) is 10.7. The fourth-order valence-electron chi connectivity index (χ4n) is 3.03. The zero-order valence-corrected chi connectivity index (χ0v) is 18.2. The third-order valence-corrected chi connectivity index (χ3v) is 4.49. The Kier molecular flexibility index (Phi) is 6.45. The Balaban J connectivity index is 2.07. The summed E-state index contributed by atoms with van der Waals surface area (Å²) < 4.78 is 12.3. The van der Waals surface area contributed by atoms with Crippen molar-refractivity contribution in [2.75, 3.05) is 31.4 Å². The Morgan fingerprint density at radius 1 is 1.16 bits per heavy atom. The van der Waals surface area contributed by atoms with Crippen LogP contribution in [0.3, 0.4) is 0 Å². The number of nitrogens with zero attached hydrogens (tertiary/aromatic N) is 3. The zero-order chi connectivity index (χ0) is 22.6. The topological polar surface area (TPSA) is 130 Å². The van der Waals surface area contributed by atoms with E-state index in [2.05, 4.69) is 10.3 Å². The summed E-state index contributed by atoms with van der Waals surface area (Å²) in [7, 11) is 1.60. The minimum absolute atomic E-state index is 0.290. The SMILES string of the molecule is COCCOc1cc(Nc2c(C(N)=O)c(-c3ccc(N)cc3)nn2C(C)(C)C)ccn1. The summed E-state index contributed by atoms with van der Waals surface area (Å²) in [5, 5.41) is 8.02. The van der Waals surface area contributed by atoms with Crippen molar-refractivity contribution in [1.82, 2.24) is 14.8 Å². The average Bonchev–Trinajstić information content (AvgIpc) is 3.09. The molecule has 0 fully saturated rings. The number of aromatic nitrogens is 3. The number of hydrogen-bond acceptors (Lipinski definition) is 7. The van der Waals surface area contributed by atoms with Crippen molar-refractivity contribution in [3.05, 3.63) is 48.2 Å². The molecule has 0 saturated heterocycles. The van der Waals surface area contributed by atoms with Crippen LogP contribution in [-0.4, -0.2) is 41.0 Å². The summed E-state index contributed by atoms with van der Waals surface area (Å²) in [4.78, 5) is 16.7. The van der Waals surface area contributed by atoms with Gasteiger partial charge >= 0.3 is 0 Å². The van der Waals surface area contributed by atoms with Gasteiger partial charge in [0.05, 0.1) is 12.1 Å². The molecular formula is C22H28N6O3. The van der Waals surface area contributed by atoms with Crippen LogP contribution in [0, 0.1) is 0 Å². The largest absolute Gasteiger partial charge is 0.475 e. The van der Waals surface area contributed by atoms with Gasteiger partial charge in [-0.2, -0.15) is 5.10 Å². The second-order valence-electron chi connectivity index (χ2n) is 7.99. The van der Waals surface area contributed by atoms with Gasteiger partial charge in [-0.25, -0.2) is 9.67 Å². The Morgan fingerprint density at radius 3 is 2.48 bits per heavy atom. The molecule has 0 bridgehead atoms. The van der Waals surface area contributed by atoms with Crippen molar-refractivity contribution in [2.24, 2.45) is 5.73 Å². The average molecular weight is 425 g/mol. The second-order valence-corrected chi connectivity index (χ2v) is 7.99. The van der Waals surface area contributed by atoms with Crippen molar-refractivity contribution >= 4 is 23.1 Å². The highest BCUT2D eigenvalue weighted by atomic mass is 16.5. The number of anilines is 3. The van der Waals surface area contributed by atoms with E-state index in [1.165, 1.54) is 0 Å². The van der Waals surface area contributed by atoms with E-state index < -0.39 is 11.4 Å². The maximum absolute atomic E-state index is 12.5. The Hall–Kier alpha value is -3.59. The lowest BCUT2D eigenvalue weighted by Gasteiger charge is -2.23. The minimum atomic E-state index is -0.588. The molecule has 9 heteroatoms. The molecule has 0 spiro atoms. The van der Waals surface area contributed by atoms with Crippen LogP contribution in [0.1, 0.15) is 31.1 Å². The molecule has 164 valence electrons. The molecule has 0 aliphatic carbocycles. The number of rotatable bonds is 8. The number of nitrogens with one attached hydrogen (secondary N) is 1. The van der Waals surface area contributed by atoms with Crippen molar-refractivity contribution < 1.29 is 14.3 Å². The number of carbonyl (C=O) groups excluding carboxylic acids is 1. The van der Waals surface area contributed by atoms with E-state index in [9.17, 15) is 4.79 Å². The van der Waals surface area contributed by atoms with Crippen LogP contribution in [0.5, 0.6) is 5.88 Å². The van der Waals surface area contributed by atoms with Gasteiger partial charge in [0.15, 0.2) is 0 Å². The maximum atomic E-state index is 12.5. The summed E-state index contributed by atoms with van der Waals surface area (Å²) in [6.45, 7) is 6.81. The number of pyridine rings is 1. The summed E-state index contributed by atoms with van der Waals surface area (Å²) in [6.07, 6.45) is 1.62. The number of ether oxygens (including phenoxy) is 2. The van der Waals surface area contributed by atoms with Gasteiger partial charge in [0.25, 0.3) is 5.91 Å². The molecule has 3 rings (SSSR count). The third kappa shape index (κ3) is 5.13. The lowest BCUT2D eigenvalue weighted by molar-refractivity contribution is 0.100. The van der Waals surface area contributed by atoms with Gasteiger partial charge in [-0.3, -0.25) is 4.79 Å². The van der Waals surface area contributed by atoms with Crippen molar-refractivity contribution in [3.8, 4) is 17.1 Å². The molecule has 0 saturated carbocycles. The van der Waals surface area contributed by atoms with Crippen molar-refractivity contribution in [3.63, 3.8) is 0 Å². The van der Waals surface area contributed by atoms with E-state index in [1.807, 2.05) is 32.9 Å². The molecule has 0 aliphatic heterocycles. The van der Waals surface area contributed by atoms with Gasteiger partial charge in [-0.05, 0) is 39.0 Å². The molecular weight excluding hydrogens is 396 g/mol. The summed E-state index contributed by atoms with van der Waals surface area (Å²) in [5.41, 5.74) is 14.0. The highest BCUT2D eigenvalue weighted by molar-refractivity contribution is 6.04. The van der Waals surface area contributed by atoms with Gasteiger partial charge in [0.2, 0.25) is 5.88 Å².